The number of phenols is 1. The molecule has 4 aromatic carbocycles. The Balaban J connectivity index is 1.73. The fourth-order valence-corrected chi connectivity index (χ4v) is 7.14. The third kappa shape index (κ3) is 7.44. The van der Waals surface area contributed by atoms with Gasteiger partial charge >= 0.3 is 12.4 Å². The summed E-state index contributed by atoms with van der Waals surface area (Å²) in [7, 11) is -9.86. The second-order valence-corrected chi connectivity index (χ2v) is 15.4. The van der Waals surface area contributed by atoms with Gasteiger partial charge in [-0.05, 0) is 70.6 Å². The minimum atomic E-state index is -5.85. The number of halogens is 6. The van der Waals surface area contributed by atoms with Crippen LogP contribution in [0.1, 0.15) is 37.5 Å². The van der Waals surface area contributed by atoms with Gasteiger partial charge in [0.2, 0.25) is 5.41 Å². The molecule has 4 rings (SSSR count). The first-order valence-electron chi connectivity index (χ1n) is 13.5. The standard InChI is InChI=1S/C31H26F6O8S3/c1-28(2,3)18-4-6-19(7-5-18)29(30(32,33)34,31(35,36)37)20-8-10-21(11-9-20)45-25-15-13-23(17-27(25)48(42,43)44)46-22-12-14-24(38)26(16-22)47(39,40)41/h4-17,38H,1-3H3,(H,39,40,41)(H,42,43,44). The second kappa shape index (κ2) is 12.6. The lowest BCUT2D eigenvalue weighted by molar-refractivity contribution is -0.288. The summed E-state index contributed by atoms with van der Waals surface area (Å²) in [5.74, 6) is -1.67. The normalized spacial score (nSPS) is 13.4. The van der Waals surface area contributed by atoms with Crippen LogP contribution < -0.4 is 4.74 Å². The Morgan fingerprint density at radius 3 is 1.46 bits per heavy atom. The van der Waals surface area contributed by atoms with Crippen molar-refractivity contribution in [2.24, 2.45) is 0 Å². The maximum Gasteiger partial charge on any atom is 0.411 e. The van der Waals surface area contributed by atoms with E-state index in [0.717, 1.165) is 60.3 Å². The number of phenolic OH excluding ortho intramolecular Hbond substituents is 1. The molecule has 8 nitrogen and oxygen atoms in total. The molecule has 0 aliphatic heterocycles. The summed E-state index contributed by atoms with van der Waals surface area (Å²) < 4.78 is 160. The van der Waals surface area contributed by atoms with Crippen molar-refractivity contribution in [3.8, 4) is 17.2 Å². The van der Waals surface area contributed by atoms with Crippen LogP contribution in [0.4, 0.5) is 26.3 Å². The van der Waals surface area contributed by atoms with Crippen molar-refractivity contribution in [3.05, 3.63) is 102 Å². The maximum absolute atomic E-state index is 14.6. The Morgan fingerprint density at radius 1 is 0.604 bits per heavy atom. The lowest BCUT2D eigenvalue weighted by atomic mass is 9.72. The minimum absolute atomic E-state index is 0.0786. The van der Waals surface area contributed by atoms with Crippen molar-refractivity contribution >= 4 is 32.0 Å². The number of benzene rings is 4. The van der Waals surface area contributed by atoms with Crippen LogP contribution in [0, 0.1) is 0 Å². The molecule has 0 aromatic heterocycles. The van der Waals surface area contributed by atoms with E-state index in [1.54, 1.807) is 20.8 Å². The zero-order valence-electron chi connectivity index (χ0n) is 25.0. The van der Waals surface area contributed by atoms with Gasteiger partial charge in [-0.3, -0.25) is 9.11 Å². The molecule has 0 bridgehead atoms. The van der Waals surface area contributed by atoms with Crippen LogP contribution in [0.5, 0.6) is 17.2 Å². The van der Waals surface area contributed by atoms with Crippen LogP contribution in [0.3, 0.4) is 0 Å². The lowest BCUT2D eigenvalue weighted by Gasteiger charge is -2.38. The predicted molar refractivity (Wildman–Crippen MR) is 163 cm³/mol. The van der Waals surface area contributed by atoms with E-state index in [1.165, 1.54) is 24.3 Å². The van der Waals surface area contributed by atoms with E-state index < -0.39 is 75.8 Å². The van der Waals surface area contributed by atoms with Gasteiger partial charge in [-0.15, -0.1) is 0 Å². The topological polar surface area (TPSA) is 138 Å². The van der Waals surface area contributed by atoms with Crippen LogP contribution in [-0.2, 0) is 31.1 Å². The Hall–Kier alpha value is -3.77. The highest BCUT2D eigenvalue weighted by Crippen LogP contribution is 2.56. The molecule has 17 heteroatoms. The monoisotopic (exact) mass is 736 g/mol. The van der Waals surface area contributed by atoms with Crippen molar-refractivity contribution in [1.82, 2.24) is 0 Å². The van der Waals surface area contributed by atoms with E-state index in [1.807, 2.05) is 0 Å². The van der Waals surface area contributed by atoms with Crippen molar-refractivity contribution in [2.75, 3.05) is 0 Å². The molecular formula is C31H26F6O8S3. The number of rotatable bonds is 8. The first-order valence-corrected chi connectivity index (χ1v) is 17.2. The minimum Gasteiger partial charge on any atom is -0.506 e. The molecule has 258 valence electrons. The summed E-state index contributed by atoms with van der Waals surface area (Å²) in [6, 6.07) is 13.0. The summed E-state index contributed by atoms with van der Waals surface area (Å²) in [6.45, 7) is 5.25. The number of ether oxygens (including phenoxy) is 1. The van der Waals surface area contributed by atoms with E-state index in [-0.39, 0.29) is 15.5 Å². The van der Waals surface area contributed by atoms with Gasteiger partial charge in [-0.25, -0.2) is 0 Å². The summed E-state index contributed by atoms with van der Waals surface area (Å²) in [6.07, 6.45) is -11.7. The van der Waals surface area contributed by atoms with Crippen molar-refractivity contribution in [1.29, 1.82) is 0 Å². The average Bonchev–Trinajstić information content (AvgIpc) is 2.93. The molecule has 0 fully saturated rings. The van der Waals surface area contributed by atoms with Crippen molar-refractivity contribution < 1.29 is 62.1 Å². The Morgan fingerprint density at radius 2 is 1.02 bits per heavy atom. The van der Waals surface area contributed by atoms with Crippen LogP contribution in [0.15, 0.2) is 105 Å². The van der Waals surface area contributed by atoms with Crippen molar-refractivity contribution in [2.45, 2.75) is 63.5 Å². The van der Waals surface area contributed by atoms with Gasteiger partial charge in [0, 0.05) is 9.79 Å². The van der Waals surface area contributed by atoms with E-state index in [4.69, 9.17) is 4.74 Å². The third-order valence-corrected chi connectivity index (χ3v) is 9.92. The number of aromatic hydroxyl groups is 1. The SMILES string of the molecule is CC(C)(C)c1ccc(C(c2ccc(Oc3ccc(Sc4ccc(O)c(S(=O)(=O)O)c4)cc3S(=O)(=O)O)cc2)(C(F)(F)F)C(F)(F)F)cc1. The molecular weight excluding hydrogens is 711 g/mol. The number of hydrogen-bond acceptors (Lipinski definition) is 7. The molecule has 3 N–H and O–H groups in total. The highest BCUT2D eigenvalue weighted by Gasteiger charge is 2.72. The van der Waals surface area contributed by atoms with Gasteiger partial charge in [0.25, 0.3) is 20.2 Å². The smallest absolute Gasteiger partial charge is 0.411 e. The van der Waals surface area contributed by atoms with Crippen LogP contribution in [0.2, 0.25) is 0 Å². The molecule has 0 radical (unpaired) electrons. The molecule has 48 heavy (non-hydrogen) atoms. The summed E-state index contributed by atoms with van der Waals surface area (Å²) in [5.41, 5.74) is -6.72. The van der Waals surface area contributed by atoms with Gasteiger partial charge in [0.15, 0.2) is 0 Å². The quantitative estimate of drug-likeness (QED) is 0.120. The molecule has 0 amide bonds. The molecule has 0 aliphatic rings. The third-order valence-electron chi connectivity index (χ3n) is 7.19. The largest absolute Gasteiger partial charge is 0.506 e. The van der Waals surface area contributed by atoms with Gasteiger partial charge in [-0.2, -0.15) is 43.2 Å². The fraction of sp³-hybridized carbons (Fsp3) is 0.226. The van der Waals surface area contributed by atoms with E-state index >= 15 is 0 Å². The molecule has 0 saturated heterocycles. The highest BCUT2D eigenvalue weighted by atomic mass is 32.2. The zero-order chi connectivity index (χ0) is 36.1. The summed E-state index contributed by atoms with van der Waals surface area (Å²) in [4.78, 5) is -1.48. The molecule has 0 atom stereocenters. The molecule has 0 heterocycles. The van der Waals surface area contributed by atoms with Crippen LogP contribution in [-0.4, -0.2) is 43.4 Å². The highest BCUT2D eigenvalue weighted by molar-refractivity contribution is 7.99. The lowest BCUT2D eigenvalue weighted by Crippen LogP contribution is -2.54. The summed E-state index contributed by atoms with van der Waals surface area (Å²) in [5, 5.41) is 9.71. The number of alkyl halides is 6. The predicted octanol–water partition coefficient (Wildman–Crippen LogP) is 8.54. The van der Waals surface area contributed by atoms with Gasteiger partial charge in [0.05, 0.1) is 0 Å². The van der Waals surface area contributed by atoms with Gasteiger partial charge < -0.3 is 9.84 Å². The van der Waals surface area contributed by atoms with Gasteiger partial charge in [-0.1, -0.05) is 68.9 Å². The Kier molecular flexibility index (Phi) is 9.73. The van der Waals surface area contributed by atoms with Gasteiger partial charge in [0.1, 0.15) is 27.0 Å². The number of hydrogen-bond donors (Lipinski definition) is 3. The second-order valence-electron chi connectivity index (χ2n) is 11.5. The zero-order valence-corrected chi connectivity index (χ0v) is 27.4. The van der Waals surface area contributed by atoms with Crippen LogP contribution in [0.25, 0.3) is 0 Å². The van der Waals surface area contributed by atoms with E-state index in [2.05, 4.69) is 0 Å². The Labute approximate surface area is 275 Å². The molecule has 0 spiro atoms. The summed E-state index contributed by atoms with van der Waals surface area (Å²) >= 11 is 0.750. The van der Waals surface area contributed by atoms with E-state index in [0.29, 0.717) is 17.7 Å². The van der Waals surface area contributed by atoms with Crippen LogP contribution >= 0.6 is 11.8 Å². The maximum atomic E-state index is 14.6. The molecule has 0 unspecified atom stereocenters. The molecule has 0 saturated carbocycles. The Bertz CT molecular complexity index is 2020. The van der Waals surface area contributed by atoms with E-state index in [9.17, 15) is 57.4 Å². The molecule has 0 aliphatic carbocycles. The first-order chi connectivity index (χ1) is 21.9. The van der Waals surface area contributed by atoms with Crippen molar-refractivity contribution in [3.63, 3.8) is 0 Å². The fourth-order valence-electron chi connectivity index (χ4n) is 4.84. The first kappa shape index (κ1) is 37.1. The average molecular weight is 737 g/mol. The molecule has 4 aromatic rings.